The summed E-state index contributed by atoms with van der Waals surface area (Å²) in [5.74, 6) is -0.531. The van der Waals surface area contributed by atoms with Gasteiger partial charge in [-0.1, -0.05) is 24.3 Å². The molecule has 0 heterocycles. The molecule has 0 spiro atoms. The number of hydrogen-bond donors (Lipinski definition) is 3. The summed E-state index contributed by atoms with van der Waals surface area (Å²) in [6.45, 7) is 0. The molecule has 0 fully saturated rings. The van der Waals surface area contributed by atoms with Gasteiger partial charge in [0.2, 0.25) is 0 Å². The zero-order valence-corrected chi connectivity index (χ0v) is 12.1. The maximum Gasteiger partial charge on any atom is 0.270 e. The molecule has 0 unspecified atom stereocenters. The summed E-state index contributed by atoms with van der Waals surface area (Å²) in [7, 11) is 0. The second-order valence-corrected chi connectivity index (χ2v) is 4.61. The fourth-order valence-electron chi connectivity index (χ4n) is 1.62. The van der Waals surface area contributed by atoms with Gasteiger partial charge in [-0.25, -0.2) is 0 Å². The minimum absolute atomic E-state index is 0.0559. The third-order valence-corrected chi connectivity index (χ3v) is 2.84. The molecule has 112 valence electrons. The number of non-ortho nitro benzene ring substituents is 1. The zero-order chi connectivity index (χ0) is 15.9. The van der Waals surface area contributed by atoms with Crippen molar-refractivity contribution >= 4 is 34.6 Å². The first kappa shape index (κ1) is 15.4. The van der Waals surface area contributed by atoms with Crippen LogP contribution in [0.4, 0.5) is 11.4 Å². The van der Waals surface area contributed by atoms with Crippen LogP contribution in [0.3, 0.4) is 0 Å². The lowest BCUT2D eigenvalue weighted by Gasteiger charge is -2.11. The lowest BCUT2D eigenvalue weighted by atomic mass is 10.2. The summed E-state index contributed by atoms with van der Waals surface area (Å²) >= 11 is 4.97. The number of rotatable bonds is 4. The highest BCUT2D eigenvalue weighted by Gasteiger charge is 2.12. The van der Waals surface area contributed by atoms with Crippen LogP contribution >= 0.6 is 12.2 Å². The van der Waals surface area contributed by atoms with E-state index in [0.717, 1.165) is 5.69 Å². The van der Waals surface area contributed by atoms with Crippen LogP contribution in [0.1, 0.15) is 10.4 Å². The largest absolute Gasteiger partial charge is 0.299 e. The molecule has 0 aliphatic heterocycles. The number of nitro groups is 1. The van der Waals surface area contributed by atoms with Gasteiger partial charge in [0.1, 0.15) is 0 Å². The van der Waals surface area contributed by atoms with Crippen molar-refractivity contribution in [1.82, 2.24) is 10.7 Å². The Balaban J connectivity index is 1.92. The van der Waals surface area contributed by atoms with Crippen molar-refractivity contribution in [2.24, 2.45) is 0 Å². The third kappa shape index (κ3) is 4.25. The van der Waals surface area contributed by atoms with Crippen LogP contribution in [0.5, 0.6) is 0 Å². The van der Waals surface area contributed by atoms with Gasteiger partial charge in [0.15, 0.2) is 5.11 Å². The first-order valence-electron chi connectivity index (χ1n) is 6.23. The zero-order valence-electron chi connectivity index (χ0n) is 11.3. The second-order valence-electron chi connectivity index (χ2n) is 4.21. The Hall–Kier alpha value is -3.00. The normalized spacial score (nSPS) is 9.64. The molecule has 0 aromatic heterocycles. The molecule has 22 heavy (non-hydrogen) atoms. The van der Waals surface area contributed by atoms with E-state index in [0.29, 0.717) is 0 Å². The molecule has 0 aliphatic carbocycles. The highest BCUT2D eigenvalue weighted by atomic mass is 32.1. The monoisotopic (exact) mass is 316 g/mol. The van der Waals surface area contributed by atoms with Crippen LogP contribution in [-0.2, 0) is 0 Å². The molecule has 7 nitrogen and oxygen atoms in total. The van der Waals surface area contributed by atoms with E-state index in [-0.39, 0.29) is 16.4 Å². The molecule has 1 amide bonds. The average Bonchev–Trinajstić information content (AvgIpc) is 2.54. The van der Waals surface area contributed by atoms with Gasteiger partial charge in [-0.3, -0.25) is 31.1 Å². The van der Waals surface area contributed by atoms with Crippen molar-refractivity contribution in [2.75, 3.05) is 5.43 Å². The Kier molecular flexibility index (Phi) is 4.99. The summed E-state index contributed by atoms with van der Waals surface area (Å²) < 4.78 is 0. The molecule has 0 saturated heterocycles. The number of hydrazine groups is 1. The van der Waals surface area contributed by atoms with E-state index in [1.165, 1.54) is 24.3 Å². The third-order valence-electron chi connectivity index (χ3n) is 2.64. The molecule has 0 radical (unpaired) electrons. The summed E-state index contributed by atoms with van der Waals surface area (Å²) in [6, 6.07) is 14.6. The molecule has 0 bridgehead atoms. The minimum Gasteiger partial charge on any atom is -0.299 e. The van der Waals surface area contributed by atoms with Gasteiger partial charge in [0.25, 0.3) is 11.6 Å². The molecule has 8 heteroatoms. The van der Waals surface area contributed by atoms with Gasteiger partial charge in [0, 0.05) is 17.7 Å². The number of carbonyl (C=O) groups excluding carboxylic acids is 1. The summed E-state index contributed by atoms with van der Waals surface area (Å²) in [6.07, 6.45) is 0. The summed E-state index contributed by atoms with van der Waals surface area (Å²) in [5, 5.41) is 13.2. The summed E-state index contributed by atoms with van der Waals surface area (Å²) in [5.41, 5.74) is 6.23. The number of nitrogens with zero attached hydrogens (tertiary/aromatic N) is 1. The average molecular weight is 316 g/mol. The smallest absolute Gasteiger partial charge is 0.270 e. The van der Waals surface area contributed by atoms with Gasteiger partial charge < -0.3 is 0 Å². The Morgan fingerprint density at radius 2 is 1.82 bits per heavy atom. The fraction of sp³-hybridized carbons (Fsp3) is 0. The molecule has 2 aromatic rings. The number of benzene rings is 2. The standard InChI is InChI=1S/C14H12N4O3S/c19-13(10-5-4-8-12(9-10)18(20)21)15-14(22)17-16-11-6-2-1-3-7-11/h1-9,16H,(H2,15,17,19,22). The Morgan fingerprint density at radius 3 is 2.50 bits per heavy atom. The number of thiocarbonyl (C=S) groups is 1. The van der Waals surface area contributed by atoms with Crippen LogP contribution < -0.4 is 16.2 Å². The van der Waals surface area contributed by atoms with E-state index in [2.05, 4.69) is 16.2 Å². The number of carbonyl (C=O) groups is 1. The predicted molar refractivity (Wildman–Crippen MR) is 86.4 cm³/mol. The molecular formula is C14H12N4O3S. The summed E-state index contributed by atoms with van der Waals surface area (Å²) in [4.78, 5) is 22.1. The van der Waals surface area contributed by atoms with Gasteiger partial charge in [-0.15, -0.1) is 0 Å². The van der Waals surface area contributed by atoms with Crippen molar-refractivity contribution < 1.29 is 9.72 Å². The second kappa shape index (κ2) is 7.14. The van der Waals surface area contributed by atoms with Crippen LogP contribution in [0.25, 0.3) is 0 Å². The Labute approximate surface area is 131 Å². The Morgan fingerprint density at radius 1 is 1.09 bits per heavy atom. The first-order chi connectivity index (χ1) is 10.6. The maximum absolute atomic E-state index is 12.0. The van der Waals surface area contributed by atoms with Crippen molar-refractivity contribution in [3.05, 3.63) is 70.3 Å². The van der Waals surface area contributed by atoms with Crippen LogP contribution in [0.2, 0.25) is 0 Å². The molecule has 0 saturated carbocycles. The minimum atomic E-state index is -0.565. The van der Waals surface area contributed by atoms with Crippen LogP contribution in [0.15, 0.2) is 54.6 Å². The highest BCUT2D eigenvalue weighted by molar-refractivity contribution is 7.80. The number of amides is 1. The van der Waals surface area contributed by atoms with E-state index < -0.39 is 10.8 Å². The van der Waals surface area contributed by atoms with Gasteiger partial charge in [-0.05, 0) is 30.4 Å². The van der Waals surface area contributed by atoms with Crippen molar-refractivity contribution in [3.8, 4) is 0 Å². The number of nitro benzene ring substituents is 1. The number of para-hydroxylation sites is 1. The van der Waals surface area contributed by atoms with E-state index in [9.17, 15) is 14.9 Å². The lowest BCUT2D eigenvalue weighted by molar-refractivity contribution is -0.384. The van der Waals surface area contributed by atoms with Crippen molar-refractivity contribution in [1.29, 1.82) is 0 Å². The molecular weight excluding hydrogens is 304 g/mol. The fourth-order valence-corrected chi connectivity index (χ4v) is 1.76. The maximum atomic E-state index is 12.0. The molecule has 2 rings (SSSR count). The molecule has 0 atom stereocenters. The highest BCUT2D eigenvalue weighted by Crippen LogP contribution is 2.12. The molecule has 3 N–H and O–H groups in total. The van der Waals surface area contributed by atoms with Crippen LogP contribution in [0, 0.1) is 10.1 Å². The Bertz CT molecular complexity index is 706. The van der Waals surface area contributed by atoms with Gasteiger partial charge in [-0.2, -0.15) is 0 Å². The lowest BCUT2D eigenvalue weighted by Crippen LogP contribution is -2.41. The number of anilines is 1. The van der Waals surface area contributed by atoms with Gasteiger partial charge in [0.05, 0.1) is 10.6 Å². The number of hydrogen-bond acceptors (Lipinski definition) is 5. The predicted octanol–water partition coefficient (Wildman–Crippen LogP) is 2.23. The molecule has 0 aliphatic rings. The van der Waals surface area contributed by atoms with E-state index in [1.807, 2.05) is 30.3 Å². The number of nitrogens with one attached hydrogen (secondary N) is 3. The van der Waals surface area contributed by atoms with Gasteiger partial charge >= 0.3 is 0 Å². The quantitative estimate of drug-likeness (QED) is 0.455. The van der Waals surface area contributed by atoms with Crippen molar-refractivity contribution in [2.45, 2.75) is 0 Å². The van der Waals surface area contributed by atoms with Crippen molar-refractivity contribution in [3.63, 3.8) is 0 Å². The SMILES string of the molecule is O=C(NC(=S)NNc1ccccc1)c1cccc([N+](=O)[O-])c1. The van der Waals surface area contributed by atoms with E-state index >= 15 is 0 Å². The van der Waals surface area contributed by atoms with E-state index in [1.54, 1.807) is 0 Å². The molecule has 2 aromatic carbocycles. The topological polar surface area (TPSA) is 96.3 Å². The van der Waals surface area contributed by atoms with Crippen LogP contribution in [-0.4, -0.2) is 15.9 Å². The first-order valence-corrected chi connectivity index (χ1v) is 6.64. The van der Waals surface area contributed by atoms with E-state index in [4.69, 9.17) is 12.2 Å².